The van der Waals surface area contributed by atoms with Crippen molar-refractivity contribution in [2.24, 2.45) is 7.05 Å². The molecule has 1 atom stereocenters. The molecule has 1 heterocycles. The summed E-state index contributed by atoms with van der Waals surface area (Å²) < 4.78 is 1.66. The second kappa shape index (κ2) is 7.15. The van der Waals surface area contributed by atoms with Gasteiger partial charge in [0.1, 0.15) is 5.25 Å². The Hall–Kier alpha value is -2.53. The average molecular weight is 323 g/mol. The highest BCUT2D eigenvalue weighted by Crippen LogP contribution is 2.35. The van der Waals surface area contributed by atoms with Crippen LogP contribution in [0, 0.1) is 0 Å². The predicted octanol–water partition coefficient (Wildman–Crippen LogP) is 3.89. The van der Waals surface area contributed by atoms with Gasteiger partial charge in [-0.3, -0.25) is 9.48 Å². The van der Waals surface area contributed by atoms with Crippen LogP contribution in [-0.4, -0.2) is 15.7 Å². The maximum Gasteiger partial charge on any atom is 0.243 e. The van der Waals surface area contributed by atoms with Gasteiger partial charge in [0.2, 0.25) is 5.91 Å². The summed E-state index contributed by atoms with van der Waals surface area (Å²) in [7, 11) is 1.82. The molecule has 1 aromatic heterocycles. The zero-order valence-electron chi connectivity index (χ0n) is 12.7. The molecule has 3 aromatic rings. The maximum atomic E-state index is 12.7. The number of aromatic nitrogens is 2. The largest absolute Gasteiger partial charge is 0.308 e. The van der Waals surface area contributed by atoms with Crippen LogP contribution in [0.3, 0.4) is 0 Å². The standard InChI is InChI=1S/C18H17N3OS/c1-21-13-12-16(20-21)19-18(22)17(14-8-4-2-5-9-14)23-15-10-6-3-7-11-15/h2-13,17H,1H3,(H,19,20,22)/t17-/m1/s1. The number of thioether (sulfide) groups is 1. The summed E-state index contributed by atoms with van der Waals surface area (Å²) in [4.78, 5) is 13.8. The van der Waals surface area contributed by atoms with E-state index in [0.717, 1.165) is 10.5 Å². The lowest BCUT2D eigenvalue weighted by Gasteiger charge is -2.16. The number of nitrogens with one attached hydrogen (secondary N) is 1. The van der Waals surface area contributed by atoms with Crippen molar-refractivity contribution < 1.29 is 4.79 Å². The summed E-state index contributed by atoms with van der Waals surface area (Å²) >= 11 is 1.53. The van der Waals surface area contributed by atoms with E-state index >= 15 is 0 Å². The Morgan fingerprint density at radius 1 is 1.04 bits per heavy atom. The molecule has 0 aliphatic rings. The van der Waals surface area contributed by atoms with Crippen LogP contribution in [0.4, 0.5) is 5.82 Å². The van der Waals surface area contributed by atoms with Gasteiger partial charge in [0.15, 0.2) is 5.82 Å². The molecule has 0 saturated carbocycles. The number of benzene rings is 2. The molecule has 0 aliphatic carbocycles. The third-order valence-electron chi connectivity index (χ3n) is 3.30. The molecule has 0 fully saturated rings. The number of amides is 1. The van der Waals surface area contributed by atoms with E-state index < -0.39 is 0 Å². The molecule has 4 nitrogen and oxygen atoms in total. The molecule has 1 N–H and O–H groups in total. The van der Waals surface area contributed by atoms with Crippen LogP contribution in [0.2, 0.25) is 0 Å². The number of aryl methyl sites for hydroxylation is 1. The van der Waals surface area contributed by atoms with Gasteiger partial charge in [0, 0.05) is 24.2 Å². The summed E-state index contributed by atoms with van der Waals surface area (Å²) in [6, 6.07) is 21.5. The fourth-order valence-electron chi connectivity index (χ4n) is 2.21. The van der Waals surface area contributed by atoms with Crippen LogP contribution in [0.15, 0.2) is 77.8 Å². The van der Waals surface area contributed by atoms with Crippen molar-refractivity contribution in [1.82, 2.24) is 9.78 Å². The number of carbonyl (C=O) groups is 1. The van der Waals surface area contributed by atoms with Gasteiger partial charge >= 0.3 is 0 Å². The first-order valence-electron chi connectivity index (χ1n) is 7.29. The van der Waals surface area contributed by atoms with Crippen LogP contribution in [-0.2, 0) is 11.8 Å². The van der Waals surface area contributed by atoms with Gasteiger partial charge in [-0.15, -0.1) is 11.8 Å². The van der Waals surface area contributed by atoms with Crippen molar-refractivity contribution in [2.75, 3.05) is 5.32 Å². The Morgan fingerprint density at radius 3 is 2.30 bits per heavy atom. The van der Waals surface area contributed by atoms with Crippen molar-refractivity contribution in [2.45, 2.75) is 10.1 Å². The Labute approximate surface area is 139 Å². The van der Waals surface area contributed by atoms with Crippen LogP contribution in [0.1, 0.15) is 10.8 Å². The smallest absolute Gasteiger partial charge is 0.243 e. The molecule has 1 amide bonds. The molecule has 5 heteroatoms. The van der Waals surface area contributed by atoms with Gasteiger partial charge in [-0.25, -0.2) is 0 Å². The lowest BCUT2D eigenvalue weighted by Crippen LogP contribution is -2.19. The third kappa shape index (κ3) is 4.02. The van der Waals surface area contributed by atoms with Gasteiger partial charge in [-0.1, -0.05) is 48.5 Å². The highest BCUT2D eigenvalue weighted by molar-refractivity contribution is 8.00. The third-order valence-corrected chi connectivity index (χ3v) is 4.57. The quantitative estimate of drug-likeness (QED) is 0.725. The summed E-state index contributed by atoms with van der Waals surface area (Å²) in [5, 5.41) is 6.77. The second-order valence-corrected chi connectivity index (χ2v) is 6.26. The van der Waals surface area contributed by atoms with Crippen molar-refractivity contribution in [1.29, 1.82) is 0 Å². The minimum absolute atomic E-state index is 0.0799. The van der Waals surface area contributed by atoms with E-state index in [9.17, 15) is 4.79 Å². The summed E-state index contributed by atoms with van der Waals surface area (Å²) in [5.41, 5.74) is 0.967. The topological polar surface area (TPSA) is 46.9 Å². The van der Waals surface area contributed by atoms with E-state index in [2.05, 4.69) is 10.4 Å². The Morgan fingerprint density at radius 2 is 1.70 bits per heavy atom. The number of carbonyl (C=O) groups excluding carboxylic acids is 1. The minimum atomic E-state index is -0.333. The van der Waals surface area contributed by atoms with Crippen molar-refractivity contribution in [3.05, 3.63) is 78.5 Å². The molecule has 0 aliphatic heterocycles. The van der Waals surface area contributed by atoms with E-state index in [-0.39, 0.29) is 11.2 Å². The molecule has 23 heavy (non-hydrogen) atoms. The van der Waals surface area contributed by atoms with E-state index in [1.807, 2.05) is 67.7 Å². The van der Waals surface area contributed by atoms with Gasteiger partial charge in [0.05, 0.1) is 0 Å². The number of hydrogen-bond acceptors (Lipinski definition) is 3. The summed E-state index contributed by atoms with van der Waals surface area (Å²) in [6.45, 7) is 0. The fourth-order valence-corrected chi connectivity index (χ4v) is 3.26. The van der Waals surface area contributed by atoms with Gasteiger partial charge in [-0.05, 0) is 17.7 Å². The molecule has 0 saturated heterocycles. The molecule has 116 valence electrons. The van der Waals surface area contributed by atoms with Crippen molar-refractivity contribution >= 4 is 23.5 Å². The number of hydrogen-bond donors (Lipinski definition) is 1. The molecule has 0 radical (unpaired) electrons. The summed E-state index contributed by atoms with van der Waals surface area (Å²) in [5.74, 6) is 0.482. The Kier molecular flexibility index (Phi) is 4.78. The van der Waals surface area contributed by atoms with E-state index in [0.29, 0.717) is 5.82 Å². The lowest BCUT2D eigenvalue weighted by molar-refractivity contribution is -0.115. The molecular formula is C18H17N3OS. The molecular weight excluding hydrogens is 306 g/mol. The van der Waals surface area contributed by atoms with Crippen LogP contribution in [0.25, 0.3) is 0 Å². The number of anilines is 1. The molecule has 0 unspecified atom stereocenters. The zero-order chi connectivity index (χ0) is 16.1. The van der Waals surface area contributed by atoms with Gasteiger partial charge < -0.3 is 5.32 Å². The molecule has 2 aromatic carbocycles. The summed E-state index contributed by atoms with van der Waals surface area (Å²) in [6.07, 6.45) is 1.80. The first-order valence-corrected chi connectivity index (χ1v) is 8.17. The second-order valence-electron chi connectivity index (χ2n) is 5.09. The number of nitrogens with zero attached hydrogens (tertiary/aromatic N) is 2. The SMILES string of the molecule is Cn1ccc(NC(=O)[C@H](Sc2ccccc2)c2ccccc2)n1. The van der Waals surface area contributed by atoms with Crippen molar-refractivity contribution in [3.63, 3.8) is 0 Å². The maximum absolute atomic E-state index is 12.7. The average Bonchev–Trinajstić information content (AvgIpc) is 2.99. The minimum Gasteiger partial charge on any atom is -0.308 e. The molecule has 0 bridgehead atoms. The zero-order valence-corrected chi connectivity index (χ0v) is 13.5. The lowest BCUT2D eigenvalue weighted by atomic mass is 10.1. The normalized spacial score (nSPS) is 11.9. The van der Waals surface area contributed by atoms with Crippen LogP contribution < -0.4 is 5.32 Å². The Bertz CT molecular complexity index is 771. The first-order chi connectivity index (χ1) is 11.2. The molecule has 3 rings (SSSR count). The van der Waals surface area contributed by atoms with Gasteiger partial charge in [-0.2, -0.15) is 5.10 Å². The monoisotopic (exact) mass is 323 g/mol. The van der Waals surface area contributed by atoms with E-state index in [4.69, 9.17) is 0 Å². The highest BCUT2D eigenvalue weighted by atomic mass is 32.2. The van der Waals surface area contributed by atoms with Crippen LogP contribution >= 0.6 is 11.8 Å². The fraction of sp³-hybridized carbons (Fsp3) is 0.111. The van der Waals surface area contributed by atoms with E-state index in [1.54, 1.807) is 16.9 Å². The van der Waals surface area contributed by atoms with Crippen LogP contribution in [0.5, 0.6) is 0 Å². The van der Waals surface area contributed by atoms with Crippen molar-refractivity contribution in [3.8, 4) is 0 Å². The number of rotatable bonds is 5. The predicted molar refractivity (Wildman–Crippen MR) is 93.3 cm³/mol. The highest BCUT2D eigenvalue weighted by Gasteiger charge is 2.22. The first kappa shape index (κ1) is 15.4. The van der Waals surface area contributed by atoms with Gasteiger partial charge in [0.25, 0.3) is 0 Å². The van der Waals surface area contributed by atoms with E-state index in [1.165, 1.54) is 11.8 Å². The Balaban J connectivity index is 1.84. The molecule has 0 spiro atoms.